The van der Waals surface area contributed by atoms with Crippen molar-refractivity contribution in [3.63, 3.8) is 0 Å². The van der Waals surface area contributed by atoms with Gasteiger partial charge in [-0.3, -0.25) is 0 Å². The van der Waals surface area contributed by atoms with Crippen LogP contribution in [0.4, 0.5) is 0 Å². The van der Waals surface area contributed by atoms with Crippen LogP contribution in [0.2, 0.25) is 0 Å². The van der Waals surface area contributed by atoms with Crippen LogP contribution in [0, 0.1) is 17.8 Å². The Bertz CT molecular complexity index is 278. The zero-order valence-electron chi connectivity index (χ0n) is 6.20. The summed E-state index contributed by atoms with van der Waals surface area (Å²) in [4.78, 5) is 0. The fraction of sp³-hybridized carbons (Fsp3) is 0.111. The van der Waals surface area contributed by atoms with Gasteiger partial charge in [-0.1, -0.05) is 6.08 Å². The molecule has 0 aliphatic carbocycles. The van der Waals surface area contributed by atoms with Gasteiger partial charge in [-0.15, -0.1) is 6.58 Å². The van der Waals surface area contributed by atoms with Crippen molar-refractivity contribution >= 4 is 0 Å². The normalized spacial score (nSPS) is 9.00. The summed E-state index contributed by atoms with van der Waals surface area (Å²) < 4.78 is 1.97. The van der Waals surface area contributed by atoms with Crippen LogP contribution in [0.15, 0.2) is 31.1 Å². The first-order chi connectivity index (χ1) is 5.36. The minimum Gasteiger partial charge on any atom is -0.350 e. The summed E-state index contributed by atoms with van der Waals surface area (Å²) in [5.41, 5.74) is 0.939. The van der Waals surface area contributed by atoms with E-state index in [1.54, 1.807) is 0 Å². The third-order valence-corrected chi connectivity index (χ3v) is 1.34. The van der Waals surface area contributed by atoms with Crippen molar-refractivity contribution in [3.8, 4) is 6.07 Å². The number of nitrogens with zero attached hydrogens (tertiary/aromatic N) is 2. The van der Waals surface area contributed by atoms with Crippen molar-refractivity contribution in [1.29, 1.82) is 5.26 Å². The monoisotopic (exact) mass is 145 g/mol. The van der Waals surface area contributed by atoms with Gasteiger partial charge in [0.15, 0.2) is 0 Å². The van der Waals surface area contributed by atoms with Crippen molar-refractivity contribution < 1.29 is 0 Å². The standard InChI is InChI=1S/C9H9N2/c1-2-6-11-7-4-9(8-11)3-5-10/h2-4,7-8H,1,6H2. The largest absolute Gasteiger partial charge is 0.350 e. The number of nitriles is 1. The Morgan fingerprint density at radius 2 is 2.55 bits per heavy atom. The molecule has 0 aromatic carbocycles. The molecule has 2 nitrogen and oxygen atoms in total. The molecular weight excluding hydrogens is 136 g/mol. The first-order valence-corrected chi connectivity index (χ1v) is 3.36. The van der Waals surface area contributed by atoms with Crippen molar-refractivity contribution in [2.24, 2.45) is 0 Å². The maximum atomic E-state index is 8.32. The molecule has 0 saturated heterocycles. The number of hydrogen-bond acceptors (Lipinski definition) is 1. The van der Waals surface area contributed by atoms with Crippen LogP contribution in [0.3, 0.4) is 0 Å². The molecule has 55 valence electrons. The van der Waals surface area contributed by atoms with Gasteiger partial charge in [0, 0.05) is 18.9 Å². The van der Waals surface area contributed by atoms with E-state index in [0.717, 1.165) is 12.1 Å². The van der Waals surface area contributed by atoms with E-state index in [4.69, 9.17) is 5.26 Å². The highest BCUT2D eigenvalue weighted by Gasteiger charge is 1.93. The van der Waals surface area contributed by atoms with Gasteiger partial charge >= 0.3 is 0 Å². The highest BCUT2D eigenvalue weighted by atomic mass is 14.9. The van der Waals surface area contributed by atoms with Crippen LogP contribution in [0.1, 0.15) is 5.56 Å². The van der Waals surface area contributed by atoms with E-state index in [9.17, 15) is 0 Å². The number of rotatable bonds is 3. The van der Waals surface area contributed by atoms with Gasteiger partial charge in [-0.2, -0.15) is 5.26 Å². The lowest BCUT2D eigenvalue weighted by atomic mass is 10.3. The molecule has 1 rings (SSSR count). The Labute approximate surface area is 66.4 Å². The predicted molar refractivity (Wildman–Crippen MR) is 43.6 cm³/mol. The van der Waals surface area contributed by atoms with E-state index in [2.05, 4.69) is 6.58 Å². The van der Waals surface area contributed by atoms with Crippen molar-refractivity contribution in [2.75, 3.05) is 0 Å². The molecule has 0 aliphatic rings. The van der Waals surface area contributed by atoms with Gasteiger partial charge in [0.1, 0.15) is 0 Å². The van der Waals surface area contributed by atoms with Gasteiger partial charge in [0.2, 0.25) is 0 Å². The average Bonchev–Trinajstić information content (AvgIpc) is 2.38. The summed E-state index contributed by atoms with van der Waals surface area (Å²) in [6, 6.07) is 3.87. The average molecular weight is 145 g/mol. The molecule has 0 spiro atoms. The molecule has 11 heavy (non-hydrogen) atoms. The second-order valence-electron chi connectivity index (χ2n) is 2.20. The van der Waals surface area contributed by atoms with Crippen molar-refractivity contribution in [3.05, 3.63) is 43.1 Å². The van der Waals surface area contributed by atoms with Gasteiger partial charge in [-0.05, 0) is 11.6 Å². The third kappa shape index (κ3) is 1.98. The molecule has 1 heterocycles. The van der Waals surface area contributed by atoms with Crippen molar-refractivity contribution in [2.45, 2.75) is 6.54 Å². The van der Waals surface area contributed by atoms with Crippen LogP contribution in [0.25, 0.3) is 0 Å². The second-order valence-corrected chi connectivity index (χ2v) is 2.20. The van der Waals surface area contributed by atoms with Crippen LogP contribution in [0.5, 0.6) is 0 Å². The van der Waals surface area contributed by atoms with Crippen molar-refractivity contribution in [1.82, 2.24) is 4.57 Å². The lowest BCUT2D eigenvalue weighted by molar-refractivity contribution is 0.830. The number of aromatic nitrogens is 1. The van der Waals surface area contributed by atoms with Gasteiger partial charge in [0.05, 0.1) is 12.5 Å². The third-order valence-electron chi connectivity index (χ3n) is 1.34. The molecule has 0 atom stereocenters. The highest BCUT2D eigenvalue weighted by Crippen LogP contribution is 2.02. The predicted octanol–water partition coefficient (Wildman–Crippen LogP) is 1.75. The first-order valence-electron chi connectivity index (χ1n) is 3.36. The summed E-state index contributed by atoms with van der Waals surface area (Å²) >= 11 is 0. The molecular formula is C9H9N2. The second kappa shape index (κ2) is 3.62. The quantitative estimate of drug-likeness (QED) is 0.595. The lowest BCUT2D eigenvalue weighted by Crippen LogP contribution is -1.88. The Balaban J connectivity index is 2.67. The van der Waals surface area contributed by atoms with Crippen LogP contribution in [-0.4, -0.2) is 4.57 Å². The zero-order valence-corrected chi connectivity index (χ0v) is 6.20. The lowest BCUT2D eigenvalue weighted by Gasteiger charge is -1.92. The summed E-state index contributed by atoms with van der Waals surface area (Å²) in [5, 5.41) is 8.32. The van der Waals surface area contributed by atoms with E-state index in [0.29, 0.717) is 0 Å². The Morgan fingerprint density at radius 1 is 1.73 bits per heavy atom. The molecule has 2 heteroatoms. The van der Waals surface area contributed by atoms with Crippen LogP contribution in [-0.2, 0) is 6.54 Å². The molecule has 1 aromatic rings. The van der Waals surface area contributed by atoms with Gasteiger partial charge in [0.25, 0.3) is 0 Å². The molecule has 0 bridgehead atoms. The molecule has 1 aromatic heterocycles. The van der Waals surface area contributed by atoms with Crippen LogP contribution >= 0.6 is 0 Å². The summed E-state index contributed by atoms with van der Waals surface area (Å²) in [6.07, 6.45) is 7.16. The SMILES string of the molecule is C=CCn1ccc([CH]C#N)c1. The molecule has 0 N–H and O–H groups in total. The fourth-order valence-electron chi connectivity index (χ4n) is 0.882. The molecule has 0 fully saturated rings. The number of hydrogen-bond donors (Lipinski definition) is 0. The molecule has 1 radical (unpaired) electrons. The molecule has 0 unspecified atom stereocenters. The maximum absolute atomic E-state index is 8.32. The smallest absolute Gasteiger partial charge is 0.0927 e. The zero-order chi connectivity index (χ0) is 8.10. The maximum Gasteiger partial charge on any atom is 0.0927 e. The Kier molecular flexibility index (Phi) is 2.51. The Morgan fingerprint density at radius 3 is 3.18 bits per heavy atom. The number of allylic oxidation sites excluding steroid dienone is 1. The first kappa shape index (κ1) is 7.62. The summed E-state index contributed by atoms with van der Waals surface area (Å²) in [5.74, 6) is 0. The Hall–Kier alpha value is -1.49. The van der Waals surface area contributed by atoms with Gasteiger partial charge < -0.3 is 4.57 Å². The fourth-order valence-corrected chi connectivity index (χ4v) is 0.882. The van der Waals surface area contributed by atoms with Gasteiger partial charge in [-0.25, -0.2) is 0 Å². The highest BCUT2D eigenvalue weighted by molar-refractivity contribution is 5.26. The van der Waals surface area contributed by atoms with E-state index >= 15 is 0 Å². The minimum atomic E-state index is 0.791. The van der Waals surface area contributed by atoms with E-state index in [1.165, 1.54) is 6.42 Å². The van der Waals surface area contributed by atoms with E-state index in [1.807, 2.05) is 35.2 Å². The van der Waals surface area contributed by atoms with E-state index < -0.39 is 0 Å². The molecule has 0 saturated carbocycles. The topological polar surface area (TPSA) is 28.7 Å². The minimum absolute atomic E-state index is 0.791. The summed E-state index contributed by atoms with van der Waals surface area (Å²) in [6.45, 7) is 4.41. The molecule has 0 amide bonds. The van der Waals surface area contributed by atoms with Crippen LogP contribution < -0.4 is 0 Å². The summed E-state index contributed by atoms with van der Waals surface area (Å²) in [7, 11) is 0. The van der Waals surface area contributed by atoms with E-state index in [-0.39, 0.29) is 0 Å². The molecule has 0 aliphatic heterocycles.